The third-order valence-electron chi connectivity index (χ3n) is 3.34. The maximum atomic E-state index is 12.7. The van der Waals surface area contributed by atoms with Gasteiger partial charge in [-0.2, -0.15) is 9.61 Å². The molecule has 0 atom stereocenters. The second-order valence-corrected chi connectivity index (χ2v) is 5.65. The fourth-order valence-electron chi connectivity index (χ4n) is 2.25. The topological polar surface area (TPSA) is 101 Å². The second kappa shape index (κ2) is 6.96. The predicted octanol–water partition coefficient (Wildman–Crippen LogP) is 3.11. The van der Waals surface area contributed by atoms with Crippen molar-refractivity contribution in [3.8, 4) is 5.88 Å². The van der Waals surface area contributed by atoms with Crippen molar-refractivity contribution >= 4 is 46.5 Å². The van der Waals surface area contributed by atoms with E-state index in [0.29, 0.717) is 22.7 Å². The van der Waals surface area contributed by atoms with Gasteiger partial charge in [0.1, 0.15) is 5.69 Å². The summed E-state index contributed by atoms with van der Waals surface area (Å²) in [5.41, 5.74) is 1.36. The van der Waals surface area contributed by atoms with E-state index in [1.165, 1.54) is 24.0 Å². The minimum absolute atomic E-state index is 0.215. The highest BCUT2D eigenvalue weighted by atomic mass is 35.5. The summed E-state index contributed by atoms with van der Waals surface area (Å²) in [4.78, 5) is 16.5. The van der Waals surface area contributed by atoms with Gasteiger partial charge in [0.05, 0.1) is 40.1 Å². The third-order valence-corrected chi connectivity index (χ3v) is 3.91. The van der Waals surface area contributed by atoms with Crippen LogP contribution in [0.1, 0.15) is 16.1 Å². The van der Waals surface area contributed by atoms with Gasteiger partial charge >= 0.3 is 0 Å². The maximum absolute atomic E-state index is 12.7. The van der Waals surface area contributed by atoms with Crippen molar-refractivity contribution < 1.29 is 14.7 Å². The summed E-state index contributed by atoms with van der Waals surface area (Å²) in [7, 11) is 1.48. The summed E-state index contributed by atoms with van der Waals surface area (Å²) < 4.78 is 6.64. The molecule has 3 aromatic heterocycles. The van der Waals surface area contributed by atoms with Crippen molar-refractivity contribution in [1.82, 2.24) is 14.6 Å². The monoisotopic (exact) mass is 379 g/mol. The van der Waals surface area contributed by atoms with Crippen LogP contribution in [0.3, 0.4) is 0 Å². The lowest BCUT2D eigenvalue weighted by Crippen LogP contribution is -2.14. The van der Waals surface area contributed by atoms with Gasteiger partial charge in [-0.25, -0.2) is 0 Å². The van der Waals surface area contributed by atoms with Gasteiger partial charge in [0, 0.05) is 18.5 Å². The predicted molar refractivity (Wildman–Crippen MR) is 93.3 cm³/mol. The van der Waals surface area contributed by atoms with Gasteiger partial charge in [-0.3, -0.25) is 9.78 Å². The zero-order valence-electron chi connectivity index (χ0n) is 12.8. The van der Waals surface area contributed by atoms with Crippen LogP contribution >= 0.6 is 23.2 Å². The van der Waals surface area contributed by atoms with Gasteiger partial charge in [0.25, 0.3) is 5.91 Å². The van der Waals surface area contributed by atoms with Crippen molar-refractivity contribution in [3.05, 3.63) is 51.9 Å². The normalized spacial score (nSPS) is 11.2. The number of amides is 1. The molecule has 25 heavy (non-hydrogen) atoms. The summed E-state index contributed by atoms with van der Waals surface area (Å²) in [5, 5.41) is 18.9. The number of pyridine rings is 2. The van der Waals surface area contributed by atoms with E-state index in [-0.39, 0.29) is 15.7 Å². The molecule has 0 saturated carbocycles. The summed E-state index contributed by atoms with van der Waals surface area (Å²) in [5.74, 6) is -0.0424. The maximum Gasteiger partial charge on any atom is 0.257 e. The molecule has 3 rings (SSSR count). The van der Waals surface area contributed by atoms with E-state index in [0.717, 1.165) is 6.21 Å². The highest BCUT2D eigenvalue weighted by Crippen LogP contribution is 2.29. The van der Waals surface area contributed by atoms with Crippen LogP contribution in [0.25, 0.3) is 5.52 Å². The van der Waals surface area contributed by atoms with Gasteiger partial charge < -0.3 is 15.3 Å². The van der Waals surface area contributed by atoms with Crippen LogP contribution < -0.4 is 10.1 Å². The highest BCUT2D eigenvalue weighted by Gasteiger charge is 2.18. The second-order valence-electron chi connectivity index (χ2n) is 4.83. The first-order valence-electron chi connectivity index (χ1n) is 6.89. The molecule has 10 heteroatoms. The Morgan fingerprint density at radius 1 is 1.36 bits per heavy atom. The lowest BCUT2D eigenvalue weighted by atomic mass is 10.2. The number of methoxy groups -OCH3 is 1. The van der Waals surface area contributed by atoms with Gasteiger partial charge in [0.15, 0.2) is 0 Å². The highest BCUT2D eigenvalue weighted by molar-refractivity contribution is 6.39. The molecule has 0 fully saturated rings. The molecule has 8 nitrogen and oxygen atoms in total. The number of ether oxygens (including phenoxy) is 1. The Kier molecular flexibility index (Phi) is 4.73. The quantitative estimate of drug-likeness (QED) is 0.412. The Morgan fingerprint density at radius 3 is 2.72 bits per heavy atom. The van der Waals surface area contributed by atoms with E-state index < -0.39 is 5.91 Å². The number of hydrogen-bond donors (Lipinski definition) is 2. The van der Waals surface area contributed by atoms with E-state index in [2.05, 4.69) is 20.6 Å². The number of carbonyl (C=O) groups is 1. The molecule has 0 aliphatic rings. The van der Waals surface area contributed by atoms with Crippen LogP contribution in [0.15, 0.2) is 35.7 Å². The number of oxime groups is 1. The van der Waals surface area contributed by atoms with Gasteiger partial charge in [0.2, 0.25) is 5.88 Å². The van der Waals surface area contributed by atoms with Crippen molar-refractivity contribution in [3.63, 3.8) is 0 Å². The van der Waals surface area contributed by atoms with Crippen LogP contribution in [-0.4, -0.2) is 39.0 Å². The molecular formula is C15H11Cl2N5O3. The first kappa shape index (κ1) is 17.0. The number of nitrogens with zero attached hydrogens (tertiary/aromatic N) is 4. The Balaban J connectivity index is 2.07. The molecule has 0 aliphatic heterocycles. The Labute approximate surface area is 151 Å². The molecule has 0 spiro atoms. The Bertz CT molecular complexity index is 966. The fraction of sp³-hybridized carbons (Fsp3) is 0.0667. The van der Waals surface area contributed by atoms with Crippen LogP contribution in [0.4, 0.5) is 5.69 Å². The molecule has 0 aromatic carbocycles. The first-order chi connectivity index (χ1) is 12.0. The number of anilines is 1. The number of fused-ring (bicyclic) bond motifs is 1. The van der Waals surface area contributed by atoms with Gasteiger partial charge in [-0.05, 0) is 12.1 Å². The van der Waals surface area contributed by atoms with E-state index >= 15 is 0 Å². The lowest BCUT2D eigenvalue weighted by Gasteiger charge is -2.10. The van der Waals surface area contributed by atoms with Crippen molar-refractivity contribution in [1.29, 1.82) is 0 Å². The largest absolute Gasteiger partial charge is 0.481 e. The Morgan fingerprint density at radius 2 is 2.08 bits per heavy atom. The van der Waals surface area contributed by atoms with Gasteiger partial charge in [-0.15, -0.1) is 0 Å². The fourth-order valence-corrected chi connectivity index (χ4v) is 2.71. The number of hydrogen-bond acceptors (Lipinski definition) is 6. The third kappa shape index (κ3) is 3.21. The number of aromatic nitrogens is 3. The molecule has 3 aromatic rings. The van der Waals surface area contributed by atoms with E-state index in [1.54, 1.807) is 18.2 Å². The van der Waals surface area contributed by atoms with Gasteiger partial charge in [-0.1, -0.05) is 28.4 Å². The van der Waals surface area contributed by atoms with Crippen molar-refractivity contribution in [2.75, 3.05) is 12.4 Å². The molecule has 0 saturated heterocycles. The number of nitrogens with one attached hydrogen (secondary N) is 1. The summed E-state index contributed by atoms with van der Waals surface area (Å²) >= 11 is 12.1. The zero-order valence-corrected chi connectivity index (χ0v) is 14.3. The molecule has 1 amide bonds. The minimum Gasteiger partial charge on any atom is -0.481 e. The number of rotatable bonds is 4. The smallest absolute Gasteiger partial charge is 0.257 e. The van der Waals surface area contributed by atoms with E-state index in [9.17, 15) is 4.79 Å². The van der Waals surface area contributed by atoms with Crippen molar-refractivity contribution in [2.45, 2.75) is 0 Å². The van der Waals surface area contributed by atoms with Crippen LogP contribution in [0, 0.1) is 0 Å². The minimum atomic E-state index is -0.449. The van der Waals surface area contributed by atoms with E-state index in [4.69, 9.17) is 33.1 Å². The lowest BCUT2D eigenvalue weighted by molar-refractivity contribution is 0.102. The van der Waals surface area contributed by atoms with Crippen LogP contribution in [0.5, 0.6) is 5.88 Å². The van der Waals surface area contributed by atoms with Crippen LogP contribution in [-0.2, 0) is 0 Å². The molecule has 0 unspecified atom stereocenters. The zero-order chi connectivity index (χ0) is 18.0. The van der Waals surface area contributed by atoms with E-state index in [1.807, 2.05) is 0 Å². The summed E-state index contributed by atoms with van der Waals surface area (Å²) in [6, 6.07) is 4.74. The first-order valence-corrected chi connectivity index (χ1v) is 7.65. The Hall–Kier alpha value is -2.84. The molecule has 0 aliphatic carbocycles. The average molecular weight is 380 g/mol. The molecule has 3 heterocycles. The average Bonchev–Trinajstić information content (AvgIpc) is 3.01. The molecule has 128 valence electrons. The van der Waals surface area contributed by atoms with Crippen LogP contribution in [0.2, 0.25) is 10.0 Å². The summed E-state index contributed by atoms with van der Waals surface area (Å²) in [6.07, 6.45) is 3.90. The number of carbonyl (C=O) groups excluding carboxylic acids is 1. The SMILES string of the molecule is COc1ccc(C(=O)Nc2c(Cl)cncc2Cl)c2cc(/C=N/O)nn12. The standard InChI is InChI=1S/C15H11Cl2N5O3/c1-25-13-3-2-9(12-4-8(5-19-24)21-22(12)13)15(23)20-14-10(16)6-18-7-11(14)17/h2-7,24H,1H3,(H,18,20,23)/b19-5+. The van der Waals surface area contributed by atoms with Crippen molar-refractivity contribution in [2.24, 2.45) is 5.16 Å². The molecule has 0 bridgehead atoms. The molecule has 0 radical (unpaired) electrons. The molecular weight excluding hydrogens is 369 g/mol. The summed E-state index contributed by atoms with van der Waals surface area (Å²) in [6.45, 7) is 0. The number of halogens is 2. The molecule has 2 N–H and O–H groups in total.